The second-order valence-corrected chi connectivity index (χ2v) is 37.5. The average molecular weight is 1830 g/mol. The van der Waals surface area contributed by atoms with Gasteiger partial charge in [0.25, 0.3) is 0 Å². The molecule has 0 atom stereocenters. The number of thiophene rings is 2. The summed E-state index contributed by atoms with van der Waals surface area (Å²) in [5, 5.41) is 4.19. The van der Waals surface area contributed by atoms with Crippen LogP contribution in [-0.4, -0.2) is 21.1 Å². The van der Waals surface area contributed by atoms with Crippen LogP contribution in [0, 0.1) is 0 Å². The lowest BCUT2D eigenvalue weighted by molar-refractivity contribution is 0.474. The zero-order chi connectivity index (χ0) is 92.9. The molecule has 652 valence electrons. The number of hydrogen-bond acceptors (Lipinski definition) is 11. The van der Waals surface area contributed by atoms with Crippen LogP contribution < -0.4 is 19.4 Å². The van der Waals surface area contributed by atoms with Gasteiger partial charge >= 0.3 is 0 Å². The molecular formula is C123H97N3O3S5. The third kappa shape index (κ3) is 19.7. The fourth-order valence-electron chi connectivity index (χ4n) is 16.7. The van der Waals surface area contributed by atoms with Crippen molar-refractivity contribution >= 4 is 167 Å². The molecule has 0 spiro atoms. The van der Waals surface area contributed by atoms with E-state index in [2.05, 4.69) is 384 Å². The Morgan fingerprint density at radius 3 is 1.14 bits per heavy atom. The maximum absolute atomic E-state index is 5.79. The minimum Gasteiger partial charge on any atom is -0.464 e. The van der Waals surface area contributed by atoms with Crippen LogP contribution in [0.5, 0.6) is 11.5 Å². The number of hydrogen-bond donors (Lipinski definition) is 0. The van der Waals surface area contributed by atoms with Crippen molar-refractivity contribution in [1.82, 2.24) is 0 Å². The summed E-state index contributed by atoms with van der Waals surface area (Å²) in [4.78, 5) is 14.4. The van der Waals surface area contributed by atoms with Crippen LogP contribution in [0.25, 0.3) is 97.7 Å². The Morgan fingerprint density at radius 1 is 0.239 bits per heavy atom. The van der Waals surface area contributed by atoms with Crippen molar-refractivity contribution in [2.75, 3.05) is 35.8 Å². The standard InChI is InChI=1S/C16H12.C15H13N.C14H10O.C14H10S.C14H10.C10H12N2.2C8H6O.C8H6S2.2C8H6S/c1-12-15-8-4-2-6-13(15)10-11-14-7-3-5-9-16(12)14;1-11-12-7-3-5-9-14(12)16(2)15-10-6-4-8-13(11)15;2*1-10-11-6-2-4-8-13(11)15-14-9-5-3-7-12(10)14;1-10-11-6-2-4-8-13(11)14-9-5-3-7-12(10)14;1-8-11(2)9-6-4-5-7-10(9)12(8)3;1-6-2-3-8-7(6)4-5-9-8;1-6-2-3-7-4-5-9-8(6)7;1-6-9-7-4-2-3-5-8(7)10-6;1-6-2-3-8-7(6)4-5-9-8;1-6-2-3-7-4-5-9-8(6)7/h2-11H,1H2;3-10H,1H2,2H3;2*2-9H,1H2;2-9H,1H2;4-7H,1H2,2-3H3;2*2-5H,1H2;2-5H,1H2;2*2-5H,1H2. The van der Waals surface area contributed by atoms with Crippen LogP contribution in [0.1, 0.15) is 110 Å². The van der Waals surface area contributed by atoms with Crippen LogP contribution in [-0.2, 0) is 0 Å². The normalized spacial score (nSPS) is 13.7. The lowest BCUT2D eigenvalue weighted by Crippen LogP contribution is -2.20. The molecule has 0 amide bonds. The number of allylic oxidation sites excluding steroid dienone is 8. The van der Waals surface area contributed by atoms with Gasteiger partial charge in [-0.05, 0) is 219 Å². The van der Waals surface area contributed by atoms with Gasteiger partial charge in [-0.1, -0.05) is 387 Å². The molecule has 0 radical (unpaired) electrons. The van der Waals surface area contributed by atoms with E-state index in [0.29, 0.717) is 0 Å². The molecule has 0 N–H and O–H groups in total. The summed E-state index contributed by atoms with van der Waals surface area (Å²) in [5.74, 6) is 4.65. The third-order valence-electron chi connectivity index (χ3n) is 23.8. The fraction of sp³-hybridized carbons (Fsp3) is 0.0244. The van der Waals surface area contributed by atoms with Crippen LogP contribution in [0.4, 0.5) is 22.7 Å². The number of para-hydroxylation sites is 6. The zero-order valence-electron chi connectivity index (χ0n) is 75.0. The van der Waals surface area contributed by atoms with Gasteiger partial charge in [-0.2, -0.15) is 0 Å². The average Bonchev–Trinajstić information content (AvgIpc) is 1.48. The van der Waals surface area contributed by atoms with Crippen molar-refractivity contribution in [2.45, 2.75) is 19.6 Å². The van der Waals surface area contributed by atoms with Gasteiger partial charge in [-0.3, -0.25) is 0 Å². The van der Waals surface area contributed by atoms with E-state index in [0.717, 1.165) is 101 Å². The summed E-state index contributed by atoms with van der Waals surface area (Å²) >= 11 is 8.87. The van der Waals surface area contributed by atoms with Crippen molar-refractivity contribution in [3.05, 3.63) is 556 Å². The summed E-state index contributed by atoms with van der Waals surface area (Å²) < 4.78 is 17.2. The molecule has 0 saturated carbocycles. The van der Waals surface area contributed by atoms with Crippen molar-refractivity contribution in [2.24, 2.45) is 0 Å². The van der Waals surface area contributed by atoms with Gasteiger partial charge in [0, 0.05) is 105 Å². The lowest BCUT2D eigenvalue weighted by Gasteiger charge is -2.31. The Balaban J connectivity index is 0.000000103. The van der Waals surface area contributed by atoms with E-state index in [-0.39, 0.29) is 0 Å². The van der Waals surface area contributed by atoms with E-state index in [4.69, 9.17) is 13.6 Å². The smallest absolute Gasteiger partial charge is 0.140 e. The molecular weight excluding hydrogens is 1730 g/mol. The molecule has 0 saturated heterocycles. The summed E-state index contributed by atoms with van der Waals surface area (Å²) in [6, 6.07) is 108. The Labute approximate surface area is 808 Å². The first kappa shape index (κ1) is 90.6. The first-order valence-electron chi connectivity index (χ1n) is 43.7. The number of ether oxygens (including phenoxy) is 1. The topological polar surface area (TPSA) is 45.2 Å². The summed E-state index contributed by atoms with van der Waals surface area (Å²) in [6.45, 7) is 44.1. The van der Waals surface area contributed by atoms with Crippen molar-refractivity contribution in [1.29, 1.82) is 0 Å². The highest BCUT2D eigenvalue weighted by molar-refractivity contribution is 8.24. The van der Waals surface area contributed by atoms with Crippen LogP contribution >= 0.6 is 58.0 Å². The minimum absolute atomic E-state index is 0.890. The SMILES string of the molecule is C=C1C=Cc2ccoc21.C=C1C=Cc2ccsc21.C=C1C=Cc2occc21.C=C1C=Cc2sccc21.C=C1N(C)c2ccccc2N1C.C=C1Sc2ccccc2S1.C=C1c2ccccc2-c2ccccc21.C=C1c2ccccc2C=Cc2ccccc21.C=C1c2ccccc2N(C)c2ccccc21.C=C1c2ccccc2Oc2ccccc21.C=C1c2ccccc2Sc2ccccc21. The monoisotopic (exact) mass is 1820 g/mol. The molecule has 0 unspecified atom stereocenters. The van der Waals surface area contributed by atoms with E-state index in [9.17, 15) is 0 Å². The molecule has 4 aromatic heterocycles. The molecule has 16 aromatic rings. The summed E-state index contributed by atoms with van der Waals surface area (Å²) in [7, 11) is 6.17. The quantitative estimate of drug-likeness (QED) is 0.148. The van der Waals surface area contributed by atoms with Crippen molar-refractivity contribution < 1.29 is 13.6 Å². The number of furan rings is 2. The molecule has 134 heavy (non-hydrogen) atoms. The number of thioether (sulfide) groups is 2. The molecule has 0 fully saturated rings. The van der Waals surface area contributed by atoms with Gasteiger partial charge in [-0.25, -0.2) is 0 Å². The van der Waals surface area contributed by atoms with E-state index in [1.807, 2.05) is 123 Å². The molecule has 5 aliphatic heterocycles. The predicted molar refractivity (Wildman–Crippen MR) is 583 cm³/mol. The molecule has 11 aliphatic rings. The number of anilines is 4. The number of benzene rings is 12. The van der Waals surface area contributed by atoms with Gasteiger partial charge in [0.15, 0.2) is 0 Å². The zero-order valence-corrected chi connectivity index (χ0v) is 79.1. The molecule has 12 aromatic carbocycles. The largest absolute Gasteiger partial charge is 0.464 e. The number of nitrogens with zero attached hydrogens (tertiary/aromatic N) is 3. The summed E-state index contributed by atoms with van der Waals surface area (Å²) in [5.41, 5.74) is 36.9. The van der Waals surface area contributed by atoms with Crippen LogP contribution in [0.3, 0.4) is 0 Å². The van der Waals surface area contributed by atoms with Crippen molar-refractivity contribution in [3.63, 3.8) is 0 Å². The Kier molecular flexibility index (Phi) is 28.0. The van der Waals surface area contributed by atoms with Gasteiger partial charge < -0.3 is 28.3 Å². The second-order valence-electron chi connectivity index (χ2n) is 32.1. The highest BCUT2D eigenvalue weighted by atomic mass is 32.2. The van der Waals surface area contributed by atoms with Gasteiger partial charge in [-0.15, -0.1) is 22.7 Å². The molecule has 6 aliphatic carbocycles. The molecule has 6 nitrogen and oxygen atoms in total. The molecule has 0 bridgehead atoms. The van der Waals surface area contributed by atoms with E-state index >= 15 is 0 Å². The Morgan fingerprint density at radius 2 is 0.619 bits per heavy atom. The van der Waals surface area contributed by atoms with E-state index < -0.39 is 0 Å². The molecule has 9 heterocycles. The lowest BCUT2D eigenvalue weighted by atomic mass is 9.92. The van der Waals surface area contributed by atoms with Crippen LogP contribution in [0.2, 0.25) is 0 Å². The van der Waals surface area contributed by atoms with Gasteiger partial charge in [0.1, 0.15) is 28.8 Å². The number of fused-ring (bicyclic) bond motifs is 17. The first-order valence-corrected chi connectivity index (χ1v) is 47.9. The van der Waals surface area contributed by atoms with Gasteiger partial charge in [0.05, 0.1) is 23.9 Å². The maximum atomic E-state index is 5.79. The summed E-state index contributed by atoms with van der Waals surface area (Å²) in [6.07, 6.45) is 23.8. The van der Waals surface area contributed by atoms with Crippen LogP contribution in [0.15, 0.2) is 474 Å². The molecule has 11 heteroatoms. The second kappa shape index (κ2) is 41.4. The van der Waals surface area contributed by atoms with E-state index in [1.54, 1.807) is 58.7 Å². The maximum Gasteiger partial charge on any atom is 0.140 e. The predicted octanol–water partition coefficient (Wildman–Crippen LogP) is 35.5. The highest BCUT2D eigenvalue weighted by Crippen LogP contribution is 2.51. The molecule has 27 rings (SSSR count). The number of rotatable bonds is 0. The van der Waals surface area contributed by atoms with E-state index in [1.165, 1.54) is 134 Å². The minimum atomic E-state index is 0.890. The highest BCUT2D eigenvalue weighted by Gasteiger charge is 2.27. The third-order valence-corrected chi connectivity index (χ3v) is 29.1. The Hall–Kier alpha value is -15.3. The first-order chi connectivity index (χ1) is 65.3. The fourth-order valence-corrected chi connectivity index (χ4v) is 21.5. The van der Waals surface area contributed by atoms with Crippen molar-refractivity contribution in [3.8, 4) is 22.6 Å². The Bertz CT molecular complexity index is 6870. The van der Waals surface area contributed by atoms with Gasteiger partial charge in [0.2, 0.25) is 0 Å².